The lowest BCUT2D eigenvalue weighted by Crippen LogP contribution is -2.29. The Balaban J connectivity index is 1.40. The normalized spacial score (nSPS) is 17.7. The Morgan fingerprint density at radius 2 is 1.69 bits per heavy atom. The second-order valence-electron chi connectivity index (χ2n) is 8.71. The third-order valence-electron chi connectivity index (χ3n) is 5.84. The minimum atomic E-state index is -0.484. The zero-order valence-corrected chi connectivity index (χ0v) is 20.0. The smallest absolute Gasteiger partial charge is 0.331 e. The number of nitrogens with two attached hydrogens (primary N) is 2. The van der Waals surface area contributed by atoms with Gasteiger partial charge in [-0.1, -0.05) is 18.2 Å². The maximum Gasteiger partial charge on any atom is 0.331 e. The molecular formula is C28H34N2O5. The van der Waals surface area contributed by atoms with Crippen molar-refractivity contribution in [2.45, 2.75) is 51.2 Å². The van der Waals surface area contributed by atoms with Crippen molar-refractivity contribution >= 4 is 29.4 Å². The topological polar surface area (TPSA) is 114 Å². The average molecular weight is 479 g/mol. The molecule has 0 aliphatic heterocycles. The van der Waals surface area contributed by atoms with Crippen LogP contribution in [0.25, 0.3) is 6.08 Å². The molecule has 0 amide bonds. The molecule has 1 fully saturated rings. The molecule has 186 valence electrons. The highest BCUT2D eigenvalue weighted by molar-refractivity contribution is 5.87. The maximum absolute atomic E-state index is 12.5. The highest BCUT2D eigenvalue weighted by Crippen LogP contribution is 2.28. The van der Waals surface area contributed by atoms with E-state index in [-0.39, 0.29) is 24.6 Å². The van der Waals surface area contributed by atoms with Gasteiger partial charge in [-0.3, -0.25) is 4.79 Å². The molecule has 7 heteroatoms. The van der Waals surface area contributed by atoms with Gasteiger partial charge in [0.2, 0.25) is 0 Å². The van der Waals surface area contributed by atoms with E-state index in [0.29, 0.717) is 17.1 Å². The monoisotopic (exact) mass is 478 g/mol. The Kier molecular flexibility index (Phi) is 9.93. The number of allylic oxidation sites excluding steroid dienone is 1. The molecule has 0 bridgehead atoms. The van der Waals surface area contributed by atoms with E-state index >= 15 is 0 Å². The Hall–Kier alpha value is -3.58. The van der Waals surface area contributed by atoms with Gasteiger partial charge in [0.05, 0.1) is 12.0 Å². The summed E-state index contributed by atoms with van der Waals surface area (Å²) in [6.07, 6.45) is 10.3. The van der Waals surface area contributed by atoms with Crippen molar-refractivity contribution in [3.63, 3.8) is 0 Å². The van der Waals surface area contributed by atoms with Crippen molar-refractivity contribution < 1.29 is 23.8 Å². The van der Waals surface area contributed by atoms with E-state index < -0.39 is 5.97 Å². The Bertz CT molecular complexity index is 1000. The summed E-state index contributed by atoms with van der Waals surface area (Å²) in [5, 5.41) is 0. The summed E-state index contributed by atoms with van der Waals surface area (Å²) in [5.74, 6) is -0.310. The molecular weight excluding hydrogens is 444 g/mol. The molecule has 0 atom stereocenters. The van der Waals surface area contributed by atoms with E-state index in [2.05, 4.69) is 6.58 Å². The van der Waals surface area contributed by atoms with E-state index in [1.54, 1.807) is 48.5 Å². The maximum atomic E-state index is 12.5. The summed E-state index contributed by atoms with van der Waals surface area (Å²) in [5.41, 5.74) is 14.0. The molecule has 0 saturated heterocycles. The Labute approximate surface area is 206 Å². The van der Waals surface area contributed by atoms with E-state index in [1.165, 1.54) is 6.08 Å². The van der Waals surface area contributed by atoms with Crippen LogP contribution in [0.3, 0.4) is 0 Å². The van der Waals surface area contributed by atoms with Crippen molar-refractivity contribution in [3.8, 4) is 5.75 Å². The molecule has 0 unspecified atom stereocenters. The van der Waals surface area contributed by atoms with Gasteiger partial charge in [0.1, 0.15) is 12.4 Å². The van der Waals surface area contributed by atoms with Gasteiger partial charge >= 0.3 is 11.9 Å². The van der Waals surface area contributed by atoms with E-state index in [0.717, 1.165) is 56.3 Å². The van der Waals surface area contributed by atoms with Gasteiger partial charge in [0, 0.05) is 24.1 Å². The number of anilines is 2. The summed E-state index contributed by atoms with van der Waals surface area (Å²) in [7, 11) is 0. The third-order valence-corrected chi connectivity index (χ3v) is 5.84. The quantitative estimate of drug-likeness (QED) is 0.116. The highest BCUT2D eigenvalue weighted by Gasteiger charge is 2.28. The van der Waals surface area contributed by atoms with Crippen LogP contribution in [0.1, 0.15) is 49.7 Å². The van der Waals surface area contributed by atoms with Crippen LogP contribution in [0, 0.1) is 5.92 Å². The van der Waals surface area contributed by atoms with Crippen molar-refractivity contribution in [3.05, 3.63) is 72.3 Å². The predicted octanol–water partition coefficient (Wildman–Crippen LogP) is 5.05. The van der Waals surface area contributed by atoms with Gasteiger partial charge in [-0.2, -0.15) is 0 Å². The number of esters is 2. The van der Waals surface area contributed by atoms with Crippen LogP contribution in [-0.2, 0) is 25.7 Å². The van der Waals surface area contributed by atoms with Crippen LogP contribution < -0.4 is 16.2 Å². The molecule has 0 radical (unpaired) electrons. The SMILES string of the molecule is C=CCCCOC1CCC(C(=O)Oc2ccc(/C=C/C(=O)OCc3cc(N)cc(N)c3)cc2)CC1. The van der Waals surface area contributed by atoms with Crippen LogP contribution in [0.5, 0.6) is 5.75 Å². The first-order valence-corrected chi connectivity index (χ1v) is 12.0. The molecule has 0 aromatic heterocycles. The fraction of sp³-hybridized carbons (Fsp3) is 0.357. The summed E-state index contributed by atoms with van der Waals surface area (Å²) < 4.78 is 16.7. The molecule has 0 heterocycles. The summed E-state index contributed by atoms with van der Waals surface area (Å²) in [4.78, 5) is 24.5. The zero-order valence-electron chi connectivity index (χ0n) is 20.0. The number of hydrogen-bond donors (Lipinski definition) is 2. The van der Waals surface area contributed by atoms with Gasteiger partial charge in [-0.05, 0) is 86.1 Å². The third kappa shape index (κ3) is 8.94. The molecule has 1 saturated carbocycles. The van der Waals surface area contributed by atoms with Crippen LogP contribution in [0.2, 0.25) is 0 Å². The lowest BCUT2D eigenvalue weighted by atomic mass is 9.87. The average Bonchev–Trinajstić information content (AvgIpc) is 2.85. The van der Waals surface area contributed by atoms with Gasteiger partial charge in [-0.25, -0.2) is 4.79 Å². The number of rotatable bonds is 11. The predicted molar refractivity (Wildman–Crippen MR) is 137 cm³/mol. The van der Waals surface area contributed by atoms with Gasteiger partial charge in [-0.15, -0.1) is 6.58 Å². The van der Waals surface area contributed by atoms with Crippen LogP contribution in [0.4, 0.5) is 11.4 Å². The number of hydrogen-bond acceptors (Lipinski definition) is 7. The van der Waals surface area contributed by atoms with Crippen LogP contribution in [-0.4, -0.2) is 24.6 Å². The Morgan fingerprint density at radius 3 is 2.34 bits per heavy atom. The van der Waals surface area contributed by atoms with Gasteiger partial charge in [0.25, 0.3) is 0 Å². The molecule has 2 aromatic carbocycles. The summed E-state index contributed by atoms with van der Waals surface area (Å²) >= 11 is 0. The first kappa shape index (κ1) is 26.0. The summed E-state index contributed by atoms with van der Waals surface area (Å²) in [6.45, 7) is 4.53. The number of benzene rings is 2. The number of unbranched alkanes of at least 4 members (excludes halogenated alkanes) is 1. The summed E-state index contributed by atoms with van der Waals surface area (Å²) in [6, 6.07) is 12.0. The second-order valence-corrected chi connectivity index (χ2v) is 8.71. The van der Waals surface area contributed by atoms with Crippen molar-refractivity contribution in [1.82, 2.24) is 0 Å². The van der Waals surface area contributed by atoms with Gasteiger partial charge in [0.15, 0.2) is 0 Å². The largest absolute Gasteiger partial charge is 0.458 e. The lowest BCUT2D eigenvalue weighted by Gasteiger charge is -2.27. The Morgan fingerprint density at radius 1 is 1.00 bits per heavy atom. The first-order valence-electron chi connectivity index (χ1n) is 12.0. The van der Waals surface area contributed by atoms with E-state index in [1.807, 2.05) is 6.08 Å². The molecule has 1 aliphatic carbocycles. The minimum Gasteiger partial charge on any atom is -0.458 e. The number of ether oxygens (including phenoxy) is 3. The molecule has 3 rings (SSSR count). The van der Waals surface area contributed by atoms with Crippen LogP contribution >= 0.6 is 0 Å². The molecule has 0 spiro atoms. The van der Waals surface area contributed by atoms with Crippen molar-refractivity contribution in [1.29, 1.82) is 0 Å². The lowest BCUT2D eigenvalue weighted by molar-refractivity contribution is -0.141. The molecule has 4 N–H and O–H groups in total. The fourth-order valence-corrected chi connectivity index (χ4v) is 3.99. The highest BCUT2D eigenvalue weighted by atomic mass is 16.5. The zero-order chi connectivity index (χ0) is 25.0. The van der Waals surface area contributed by atoms with E-state index in [4.69, 9.17) is 25.7 Å². The second kappa shape index (κ2) is 13.3. The van der Waals surface area contributed by atoms with Crippen molar-refractivity contribution in [2.75, 3.05) is 18.1 Å². The van der Waals surface area contributed by atoms with Gasteiger partial charge < -0.3 is 25.7 Å². The number of nitrogen functional groups attached to an aromatic ring is 2. The number of carbonyl (C=O) groups excluding carboxylic acids is 2. The molecule has 35 heavy (non-hydrogen) atoms. The molecule has 1 aliphatic rings. The first-order chi connectivity index (χ1) is 16.9. The minimum absolute atomic E-state index is 0.0800. The molecule has 7 nitrogen and oxygen atoms in total. The number of carbonyl (C=O) groups is 2. The fourth-order valence-electron chi connectivity index (χ4n) is 3.99. The van der Waals surface area contributed by atoms with E-state index in [9.17, 15) is 9.59 Å². The standard InChI is InChI=1S/C28H34N2O5/c1-2-3-4-15-33-25-12-8-22(9-13-25)28(32)35-26-10-5-20(6-11-26)7-14-27(31)34-19-21-16-23(29)18-24(30)17-21/h2,5-7,10-11,14,16-18,22,25H,1,3-4,8-9,12-13,15,19,29-30H2/b14-7+. The van der Waals surface area contributed by atoms with Crippen LogP contribution in [0.15, 0.2) is 61.2 Å². The van der Waals surface area contributed by atoms with Crippen molar-refractivity contribution in [2.24, 2.45) is 5.92 Å². The molecule has 2 aromatic rings.